The molecule has 38 heavy (non-hydrogen) atoms. The number of thioether (sulfide) groups is 1. The molecule has 0 aromatic heterocycles. The van der Waals surface area contributed by atoms with Gasteiger partial charge in [0.25, 0.3) is 0 Å². The Morgan fingerprint density at radius 3 is 2.37 bits per heavy atom. The Hall–Kier alpha value is -4.02. The quantitative estimate of drug-likeness (QED) is 0.393. The normalized spacial score (nSPS) is 16.3. The van der Waals surface area contributed by atoms with E-state index in [1.165, 1.54) is 48.0 Å². The largest absolute Gasteiger partial charge is 0.493 e. The van der Waals surface area contributed by atoms with Gasteiger partial charge in [-0.1, -0.05) is 29.4 Å². The van der Waals surface area contributed by atoms with Gasteiger partial charge in [-0.2, -0.15) is 0 Å². The minimum Gasteiger partial charge on any atom is -0.493 e. The third kappa shape index (κ3) is 6.45. The molecule has 4 rings (SSSR count). The highest BCUT2D eigenvalue weighted by Gasteiger charge is 2.36. The molecule has 9 nitrogen and oxygen atoms in total. The van der Waals surface area contributed by atoms with Gasteiger partial charge in [0.1, 0.15) is 5.25 Å². The second-order valence-corrected chi connectivity index (χ2v) is 9.83. The molecule has 0 bridgehead atoms. The molecule has 0 radical (unpaired) electrons. The van der Waals surface area contributed by atoms with Gasteiger partial charge in [-0.15, -0.1) is 0 Å². The van der Waals surface area contributed by atoms with E-state index in [0.717, 1.165) is 5.56 Å². The third-order valence-electron chi connectivity index (χ3n) is 5.67. The van der Waals surface area contributed by atoms with E-state index in [1.54, 1.807) is 43.5 Å². The summed E-state index contributed by atoms with van der Waals surface area (Å²) in [5.74, 6) is -0.620. The molecule has 1 aliphatic rings. The van der Waals surface area contributed by atoms with Crippen LogP contribution in [0.5, 0.6) is 11.5 Å². The molecule has 1 heterocycles. The lowest BCUT2D eigenvalue weighted by Gasteiger charge is -2.32. The molecule has 1 unspecified atom stereocenters. The van der Waals surface area contributed by atoms with Crippen LogP contribution in [-0.4, -0.2) is 52.4 Å². The van der Waals surface area contributed by atoms with Gasteiger partial charge in [-0.25, -0.2) is 9.79 Å². The molecular formula is C27H24ClN3O6S. The van der Waals surface area contributed by atoms with Gasteiger partial charge in [-0.3, -0.25) is 14.5 Å². The smallest absolute Gasteiger partial charge is 0.335 e. The van der Waals surface area contributed by atoms with E-state index < -0.39 is 11.2 Å². The number of methoxy groups -OCH3 is 2. The summed E-state index contributed by atoms with van der Waals surface area (Å²) in [4.78, 5) is 43.7. The summed E-state index contributed by atoms with van der Waals surface area (Å²) in [7, 11) is 3.08. The number of carboxylic acids is 1. The number of carbonyl (C=O) groups is 3. The van der Waals surface area contributed by atoms with Crippen LogP contribution in [0.15, 0.2) is 71.7 Å². The van der Waals surface area contributed by atoms with Crippen LogP contribution < -0.4 is 14.8 Å². The van der Waals surface area contributed by atoms with Gasteiger partial charge in [0.2, 0.25) is 11.8 Å². The molecule has 0 aliphatic carbocycles. The first-order valence-corrected chi connectivity index (χ1v) is 12.7. The number of amidine groups is 1. The molecule has 3 aromatic carbocycles. The van der Waals surface area contributed by atoms with Crippen molar-refractivity contribution < 1.29 is 29.0 Å². The first kappa shape index (κ1) is 27.0. The van der Waals surface area contributed by atoms with E-state index in [2.05, 4.69) is 10.3 Å². The number of carbonyl (C=O) groups excluding carboxylic acids is 2. The van der Waals surface area contributed by atoms with Crippen molar-refractivity contribution in [1.29, 1.82) is 0 Å². The van der Waals surface area contributed by atoms with Gasteiger partial charge >= 0.3 is 5.97 Å². The van der Waals surface area contributed by atoms with Crippen molar-refractivity contribution in [2.24, 2.45) is 4.99 Å². The van der Waals surface area contributed by atoms with Gasteiger partial charge in [0.05, 0.1) is 32.0 Å². The minimum absolute atomic E-state index is 0.0450. The monoisotopic (exact) mass is 553 g/mol. The molecule has 0 saturated carbocycles. The van der Waals surface area contributed by atoms with Gasteiger partial charge < -0.3 is 19.9 Å². The maximum atomic E-state index is 13.3. The Balaban J connectivity index is 1.59. The first-order chi connectivity index (χ1) is 18.3. The summed E-state index contributed by atoms with van der Waals surface area (Å²) in [6.45, 7) is 0.212. The molecule has 2 amide bonds. The van der Waals surface area contributed by atoms with Crippen LogP contribution in [0, 0.1) is 0 Å². The molecule has 3 aromatic rings. The second-order valence-electron chi connectivity index (χ2n) is 8.22. The van der Waals surface area contributed by atoms with Crippen LogP contribution in [-0.2, 0) is 16.1 Å². The van der Waals surface area contributed by atoms with Crippen molar-refractivity contribution in [2.45, 2.75) is 18.2 Å². The van der Waals surface area contributed by atoms with Gasteiger partial charge in [-0.05, 0) is 66.2 Å². The number of aliphatic imine (C=N–C) groups is 1. The van der Waals surface area contributed by atoms with Crippen molar-refractivity contribution in [2.75, 3.05) is 19.5 Å². The first-order valence-electron chi connectivity index (χ1n) is 11.4. The highest BCUT2D eigenvalue weighted by atomic mass is 35.5. The van der Waals surface area contributed by atoms with Crippen molar-refractivity contribution in [1.82, 2.24) is 4.90 Å². The van der Waals surface area contributed by atoms with Crippen molar-refractivity contribution >= 4 is 57.7 Å². The fraction of sp³-hybridized carbons (Fsp3) is 0.185. The number of nitrogens with zero attached hydrogens (tertiary/aromatic N) is 2. The number of hydrogen-bond donors (Lipinski definition) is 2. The topological polar surface area (TPSA) is 118 Å². The highest BCUT2D eigenvalue weighted by Crippen LogP contribution is 2.33. The van der Waals surface area contributed by atoms with Crippen LogP contribution in [0.1, 0.15) is 22.3 Å². The Bertz CT molecular complexity index is 1380. The third-order valence-corrected chi connectivity index (χ3v) is 7.11. The second kappa shape index (κ2) is 12.0. The molecule has 0 spiro atoms. The number of carboxylic acid groups (broad SMARTS) is 1. The molecule has 2 N–H and O–H groups in total. The molecular weight excluding hydrogens is 530 g/mol. The zero-order chi connectivity index (χ0) is 27.2. The zero-order valence-electron chi connectivity index (χ0n) is 20.5. The lowest BCUT2D eigenvalue weighted by Crippen LogP contribution is -2.44. The number of benzene rings is 3. The summed E-state index contributed by atoms with van der Waals surface area (Å²) in [6, 6.07) is 18.0. The summed E-state index contributed by atoms with van der Waals surface area (Å²) in [6.07, 6.45) is -0.0450. The Labute approximate surface area is 228 Å². The fourth-order valence-electron chi connectivity index (χ4n) is 3.70. The standard InChI is InChI=1S/C27H24ClN3O6S/c1-36-21-12-3-16(13-22(21)37-2)15-31-24(32)14-23(38-27(31)30-20-10-6-18(28)7-11-20)25(33)29-19-8-4-17(5-9-19)26(34)35/h3-13,23H,14-15H2,1-2H3,(H,29,33)(H,34,35). The van der Waals surface area contributed by atoms with Crippen molar-refractivity contribution in [3.05, 3.63) is 82.9 Å². The van der Waals surface area contributed by atoms with E-state index in [-0.39, 0.29) is 30.3 Å². The van der Waals surface area contributed by atoms with Crippen molar-refractivity contribution in [3.63, 3.8) is 0 Å². The van der Waals surface area contributed by atoms with Crippen LogP contribution >= 0.6 is 23.4 Å². The zero-order valence-corrected chi connectivity index (χ0v) is 22.1. The molecule has 1 atom stereocenters. The number of nitrogens with one attached hydrogen (secondary N) is 1. The van der Waals surface area contributed by atoms with Crippen LogP contribution in [0.2, 0.25) is 5.02 Å². The van der Waals surface area contributed by atoms with Crippen molar-refractivity contribution in [3.8, 4) is 11.5 Å². The van der Waals surface area contributed by atoms with Crippen LogP contribution in [0.4, 0.5) is 11.4 Å². The van der Waals surface area contributed by atoms with E-state index in [1.807, 2.05) is 6.07 Å². The van der Waals surface area contributed by atoms with Crippen LogP contribution in [0.3, 0.4) is 0 Å². The summed E-state index contributed by atoms with van der Waals surface area (Å²) in [5.41, 5.74) is 1.90. The maximum Gasteiger partial charge on any atom is 0.335 e. The number of halogens is 1. The predicted molar refractivity (Wildman–Crippen MR) is 147 cm³/mol. The van der Waals surface area contributed by atoms with E-state index in [4.69, 9.17) is 26.2 Å². The molecule has 196 valence electrons. The maximum absolute atomic E-state index is 13.3. The lowest BCUT2D eigenvalue weighted by molar-refractivity contribution is -0.129. The minimum atomic E-state index is -1.06. The average molecular weight is 554 g/mol. The molecule has 1 saturated heterocycles. The van der Waals surface area contributed by atoms with Gasteiger partial charge in [0, 0.05) is 17.1 Å². The summed E-state index contributed by atoms with van der Waals surface area (Å²) < 4.78 is 10.7. The van der Waals surface area contributed by atoms with E-state index in [0.29, 0.717) is 33.1 Å². The average Bonchev–Trinajstić information content (AvgIpc) is 2.91. The Kier molecular flexibility index (Phi) is 8.55. The molecule has 1 fully saturated rings. The number of aromatic carboxylic acids is 1. The molecule has 1 aliphatic heterocycles. The fourth-order valence-corrected chi connectivity index (χ4v) is 4.93. The van der Waals surface area contributed by atoms with Crippen LogP contribution in [0.25, 0.3) is 0 Å². The Morgan fingerprint density at radius 2 is 1.74 bits per heavy atom. The summed E-state index contributed by atoms with van der Waals surface area (Å²) >= 11 is 7.18. The summed E-state index contributed by atoms with van der Waals surface area (Å²) in [5, 5.41) is 12.0. The highest BCUT2D eigenvalue weighted by molar-refractivity contribution is 8.15. The number of ether oxygens (including phenoxy) is 2. The SMILES string of the molecule is COc1ccc(CN2C(=O)CC(C(=O)Nc3ccc(C(=O)O)cc3)SC2=Nc2ccc(Cl)cc2)cc1OC. The predicted octanol–water partition coefficient (Wildman–Crippen LogP) is 5.22. The molecule has 11 heteroatoms. The lowest BCUT2D eigenvalue weighted by atomic mass is 10.1. The van der Waals surface area contributed by atoms with Gasteiger partial charge in [0.15, 0.2) is 16.7 Å². The number of amides is 2. The number of anilines is 1. The Morgan fingerprint density at radius 1 is 1.05 bits per heavy atom. The number of hydrogen-bond acceptors (Lipinski definition) is 7. The van der Waals surface area contributed by atoms with E-state index in [9.17, 15) is 14.4 Å². The van der Waals surface area contributed by atoms with E-state index >= 15 is 0 Å². The number of rotatable bonds is 8.